The number of hydrogen-bond donors (Lipinski definition) is 0. The van der Waals surface area contributed by atoms with Gasteiger partial charge in [-0.15, -0.1) is 0 Å². The van der Waals surface area contributed by atoms with Crippen LogP contribution in [0.15, 0.2) is 149 Å². The average molecular weight is 593 g/mol. The van der Waals surface area contributed by atoms with Crippen molar-refractivity contribution < 1.29 is 37.3 Å². The van der Waals surface area contributed by atoms with E-state index in [1.807, 2.05) is 0 Å². The Morgan fingerprint density at radius 3 is 1.16 bits per heavy atom. The minimum atomic E-state index is -0.841. The van der Waals surface area contributed by atoms with Crippen molar-refractivity contribution in [2.24, 2.45) is 0 Å². The zero-order valence-corrected chi connectivity index (χ0v) is 22.4. The van der Waals surface area contributed by atoms with Gasteiger partial charge in [0, 0.05) is 10.8 Å². The normalized spacial score (nSPS) is 19.9. The predicted octanol–water partition coefficient (Wildman–Crippen LogP) is 12.7. The van der Waals surface area contributed by atoms with Gasteiger partial charge in [-0.1, -0.05) is 121 Å². The van der Waals surface area contributed by atoms with Gasteiger partial charge in [0.15, 0.2) is 0 Å². The smallest absolute Gasteiger partial charge is 0.135 e. The Labute approximate surface area is 291 Å². The van der Waals surface area contributed by atoms with Crippen molar-refractivity contribution in [2.45, 2.75) is 0 Å². The molecule has 0 saturated carbocycles. The van der Waals surface area contributed by atoms with Crippen LogP contribution in [0.4, 0.5) is 0 Å². The van der Waals surface area contributed by atoms with E-state index in [0.717, 1.165) is 0 Å². The highest BCUT2D eigenvalue weighted by Gasteiger charge is 2.16. The summed E-state index contributed by atoms with van der Waals surface area (Å²) in [7, 11) is 0. The van der Waals surface area contributed by atoms with Crippen LogP contribution in [0.5, 0.6) is 0 Å². The van der Waals surface area contributed by atoms with Gasteiger partial charge >= 0.3 is 0 Å². The standard InChI is InChI=1S/C44H24O/c1-3-25-7-9-29-11-17-33(35-19-13-27(5-1)41(25)43(29)35)31-15-21-39-37(23-31)38-24-32(16-22-40(38)45-39)34-18-12-30-10-8-26-4-2-6-28-14-20-36(34)44(30)42(26)28/h1-24H/i1D,2D,3D,4D,5D,6D,7D,8D,9D,10D,11D,12D,13D,14D,15D,16D,17D,18D,19D,20D,21D,22D,23D,24D. The molecule has 0 aliphatic rings. The predicted molar refractivity (Wildman–Crippen MR) is 192 cm³/mol. The van der Waals surface area contributed by atoms with Gasteiger partial charge in [0.2, 0.25) is 0 Å². The molecule has 0 N–H and O–H groups in total. The second-order valence-corrected chi connectivity index (χ2v) is 10.5. The Morgan fingerprint density at radius 2 is 0.711 bits per heavy atom. The molecule has 1 aromatic heterocycles. The SMILES string of the molecule is [2H]c1c(-c2c([2H])c([2H])c3c([2H])c([2H])c4c([2H])c([2H])c([2H])c5c([2H])c([2H])c2c3c45)c([2H])c2c(oc3c([2H])c([2H])c(-c4c([2H])c([2H])c5c([2H])c([2H])c6c([2H])c([2H])c([2H])c7c([2H])c([2H])c4c5c67)c([2H])c32)c1[2H]. The number of rotatable bonds is 2. The fraction of sp³-hybridized carbons (Fsp3) is 0. The first-order chi connectivity index (χ1) is 32.3. The van der Waals surface area contributed by atoms with Gasteiger partial charge in [0.25, 0.3) is 0 Å². The van der Waals surface area contributed by atoms with Gasteiger partial charge in [-0.25, -0.2) is 0 Å². The third-order valence-electron chi connectivity index (χ3n) is 8.14. The molecule has 0 atom stereocenters. The maximum atomic E-state index is 9.75. The van der Waals surface area contributed by atoms with Crippen molar-refractivity contribution in [3.8, 4) is 22.3 Å². The van der Waals surface area contributed by atoms with E-state index < -0.39 is 211 Å². The number of fused-ring (bicyclic) bond motifs is 3. The lowest BCUT2D eigenvalue weighted by Crippen LogP contribution is -1.87. The highest BCUT2D eigenvalue weighted by molar-refractivity contribution is 6.27. The zero-order chi connectivity index (χ0) is 50.1. The van der Waals surface area contributed by atoms with Crippen molar-refractivity contribution in [1.29, 1.82) is 0 Å². The molecule has 0 amide bonds. The summed E-state index contributed by atoms with van der Waals surface area (Å²) in [6.45, 7) is 0. The number of benzene rings is 10. The van der Waals surface area contributed by atoms with Crippen molar-refractivity contribution in [3.05, 3.63) is 145 Å². The number of hydrogen-bond acceptors (Lipinski definition) is 1. The van der Waals surface area contributed by atoms with E-state index in [9.17, 15) is 13.7 Å². The van der Waals surface area contributed by atoms with Crippen molar-refractivity contribution >= 4 is 86.6 Å². The second-order valence-electron chi connectivity index (χ2n) is 10.5. The van der Waals surface area contributed by atoms with E-state index >= 15 is 0 Å². The first-order valence-electron chi connectivity index (χ1n) is 25.7. The Kier molecular flexibility index (Phi) is 1.97. The third kappa shape index (κ3) is 3.12. The van der Waals surface area contributed by atoms with Crippen LogP contribution in [-0.2, 0) is 0 Å². The minimum absolute atomic E-state index is 0.214. The lowest BCUT2D eigenvalue weighted by molar-refractivity contribution is 0.669. The highest BCUT2D eigenvalue weighted by atomic mass is 16.3. The lowest BCUT2D eigenvalue weighted by atomic mass is 9.89. The van der Waals surface area contributed by atoms with E-state index in [1.54, 1.807) is 0 Å². The Morgan fingerprint density at radius 1 is 0.333 bits per heavy atom. The largest absolute Gasteiger partial charge is 0.456 e. The first-order valence-corrected chi connectivity index (χ1v) is 13.7. The van der Waals surface area contributed by atoms with E-state index in [1.165, 1.54) is 0 Å². The van der Waals surface area contributed by atoms with Crippen molar-refractivity contribution in [2.75, 3.05) is 0 Å². The molecule has 0 aliphatic carbocycles. The molecule has 45 heavy (non-hydrogen) atoms. The Bertz CT molecular complexity index is 4020. The maximum absolute atomic E-state index is 9.75. The third-order valence-corrected chi connectivity index (χ3v) is 8.14. The molecule has 0 bridgehead atoms. The van der Waals surface area contributed by atoms with Crippen LogP contribution in [0.25, 0.3) is 109 Å². The molecule has 0 fully saturated rings. The molecule has 0 unspecified atom stereocenters. The topological polar surface area (TPSA) is 13.1 Å². The molecular formula is C44H24O. The van der Waals surface area contributed by atoms with Crippen LogP contribution in [-0.4, -0.2) is 0 Å². The van der Waals surface area contributed by atoms with Crippen LogP contribution in [0, 0.1) is 0 Å². The summed E-state index contributed by atoms with van der Waals surface area (Å²) in [5.41, 5.74) is -3.55. The molecule has 0 aliphatic heterocycles. The van der Waals surface area contributed by atoms with Gasteiger partial charge in [0.1, 0.15) is 11.2 Å². The summed E-state index contributed by atoms with van der Waals surface area (Å²) in [6.07, 6.45) is 0. The molecule has 1 nitrogen and oxygen atoms in total. The first kappa shape index (κ1) is 10.6. The van der Waals surface area contributed by atoms with Gasteiger partial charge in [-0.2, -0.15) is 0 Å². The molecule has 0 saturated heterocycles. The summed E-state index contributed by atoms with van der Waals surface area (Å²) < 4.78 is 223. The van der Waals surface area contributed by atoms with Crippen LogP contribution >= 0.6 is 0 Å². The molecular weight excluding hydrogens is 544 g/mol. The quantitative estimate of drug-likeness (QED) is 0.182. The number of furan rings is 1. The van der Waals surface area contributed by atoms with Crippen molar-refractivity contribution in [1.82, 2.24) is 0 Å². The van der Waals surface area contributed by atoms with Crippen molar-refractivity contribution in [3.63, 3.8) is 0 Å². The second kappa shape index (κ2) is 8.37. The minimum Gasteiger partial charge on any atom is -0.456 e. The molecule has 1 heterocycles. The molecule has 11 aromatic rings. The van der Waals surface area contributed by atoms with Gasteiger partial charge < -0.3 is 4.42 Å². The van der Waals surface area contributed by atoms with Crippen LogP contribution < -0.4 is 0 Å². The van der Waals surface area contributed by atoms with Crippen LogP contribution in [0.1, 0.15) is 32.9 Å². The monoisotopic (exact) mass is 592 g/mol. The lowest BCUT2D eigenvalue weighted by Gasteiger charge is -2.14. The molecule has 1 heteroatoms. The fourth-order valence-electron chi connectivity index (χ4n) is 6.15. The molecule has 11 rings (SSSR count). The van der Waals surface area contributed by atoms with Gasteiger partial charge in [-0.05, 0) is 111 Å². The van der Waals surface area contributed by atoms with E-state index in [4.69, 9.17) is 23.6 Å². The summed E-state index contributed by atoms with van der Waals surface area (Å²) in [6, 6.07) is -17.7. The zero-order valence-electron chi connectivity index (χ0n) is 46.4. The van der Waals surface area contributed by atoms with E-state index in [0.29, 0.717) is 0 Å². The van der Waals surface area contributed by atoms with Gasteiger partial charge in [0.05, 0.1) is 32.9 Å². The molecule has 0 spiro atoms. The molecule has 0 radical (unpaired) electrons. The fourth-order valence-corrected chi connectivity index (χ4v) is 6.15. The van der Waals surface area contributed by atoms with E-state index in [2.05, 4.69) is 0 Å². The summed E-state index contributed by atoms with van der Waals surface area (Å²) in [5.74, 6) is 0. The summed E-state index contributed by atoms with van der Waals surface area (Å²) >= 11 is 0. The summed E-state index contributed by atoms with van der Waals surface area (Å²) in [4.78, 5) is 0. The van der Waals surface area contributed by atoms with Crippen LogP contribution in [0.2, 0.25) is 0 Å². The maximum Gasteiger partial charge on any atom is 0.135 e. The van der Waals surface area contributed by atoms with Crippen LogP contribution in [0.3, 0.4) is 0 Å². The molecule has 206 valence electrons. The summed E-state index contributed by atoms with van der Waals surface area (Å²) in [5, 5.41) is -4.95. The van der Waals surface area contributed by atoms with E-state index in [-0.39, 0.29) is 43.1 Å². The Balaban J connectivity index is 1.34. The average Bonchev–Trinajstić information content (AvgIpc) is 3.72. The molecule has 10 aromatic carbocycles. The highest BCUT2D eigenvalue weighted by Crippen LogP contribution is 2.43. The van der Waals surface area contributed by atoms with Gasteiger partial charge in [-0.3, -0.25) is 0 Å². The Hall–Kier alpha value is -5.92.